The molecule has 0 aromatic heterocycles. The van der Waals surface area contributed by atoms with Crippen LogP contribution in [0.25, 0.3) is 0 Å². The summed E-state index contributed by atoms with van der Waals surface area (Å²) in [5.41, 5.74) is 0. The van der Waals surface area contributed by atoms with Crippen molar-refractivity contribution in [3.8, 4) is 0 Å². The third kappa shape index (κ3) is 28.6. The van der Waals surface area contributed by atoms with Gasteiger partial charge in [0.2, 0.25) is 0 Å². The first-order valence-corrected chi connectivity index (χ1v) is 13.8. The van der Waals surface area contributed by atoms with E-state index in [4.69, 9.17) is 9.05 Å². The zero-order valence-electron chi connectivity index (χ0n) is 19.6. The fourth-order valence-corrected chi connectivity index (χ4v) is 4.24. The molecule has 0 aromatic carbocycles. The molecule has 3 nitrogen and oxygen atoms in total. The Labute approximate surface area is 193 Å². The summed E-state index contributed by atoms with van der Waals surface area (Å²) in [6.45, 7) is 5.71. The van der Waals surface area contributed by atoms with E-state index in [1.165, 1.54) is 116 Å². The quantitative estimate of drug-likeness (QED) is 0.0790. The van der Waals surface area contributed by atoms with Gasteiger partial charge in [0.1, 0.15) is 0 Å². The van der Waals surface area contributed by atoms with E-state index in [1.807, 2.05) is 0 Å². The summed E-state index contributed by atoms with van der Waals surface area (Å²) < 4.78 is 22.4. The summed E-state index contributed by atoms with van der Waals surface area (Å²) in [5.74, 6) is 0. The molecule has 0 aliphatic rings. The van der Waals surface area contributed by atoms with E-state index in [9.17, 15) is 4.57 Å². The van der Waals surface area contributed by atoms with Crippen LogP contribution < -0.4 is 0 Å². The van der Waals surface area contributed by atoms with Gasteiger partial charge in [0, 0.05) is 16.5 Å². The molecule has 29 heavy (non-hydrogen) atoms. The average Bonchev–Trinajstić information content (AvgIpc) is 2.70. The second-order valence-corrected chi connectivity index (χ2v) is 9.39. The van der Waals surface area contributed by atoms with Crippen LogP contribution in [-0.4, -0.2) is 13.2 Å². The Kier molecular flexibility index (Phi) is 31.4. The van der Waals surface area contributed by atoms with Crippen molar-refractivity contribution in [2.75, 3.05) is 13.2 Å². The van der Waals surface area contributed by atoms with Crippen LogP contribution in [0, 0.1) is 0 Å². The maximum absolute atomic E-state index is 11.7. The third-order valence-electron chi connectivity index (χ3n) is 5.44. The van der Waals surface area contributed by atoms with Crippen LogP contribution in [0.5, 0.6) is 0 Å². The molecule has 0 N–H and O–H groups in total. The van der Waals surface area contributed by atoms with Gasteiger partial charge < -0.3 is 9.05 Å². The van der Waals surface area contributed by atoms with E-state index in [2.05, 4.69) is 13.8 Å². The van der Waals surface area contributed by atoms with Crippen LogP contribution in [0.4, 0.5) is 0 Å². The first kappa shape index (κ1) is 31.8. The molecule has 0 aromatic rings. The second kappa shape index (κ2) is 28.6. The Hall–Kier alpha value is 0.644. The van der Waals surface area contributed by atoms with Crippen molar-refractivity contribution in [1.82, 2.24) is 0 Å². The van der Waals surface area contributed by atoms with Gasteiger partial charge in [0.25, 0.3) is 0 Å². The molecule has 5 heteroatoms. The summed E-state index contributed by atoms with van der Waals surface area (Å²) in [6.07, 6.45) is 26.1. The molecule has 0 saturated carbocycles. The van der Waals surface area contributed by atoms with Gasteiger partial charge in [-0.3, -0.25) is 4.57 Å². The summed E-state index contributed by atoms with van der Waals surface area (Å²) >= 11 is 0. The van der Waals surface area contributed by atoms with E-state index in [1.54, 1.807) is 0 Å². The molecule has 0 amide bonds. The van der Waals surface area contributed by atoms with Crippen LogP contribution in [-0.2, 0) is 30.1 Å². The van der Waals surface area contributed by atoms with Gasteiger partial charge in [0.05, 0.1) is 13.2 Å². The zero-order valence-corrected chi connectivity index (χ0v) is 21.6. The third-order valence-corrected chi connectivity index (χ3v) is 6.32. The molecule has 0 heterocycles. The molecule has 0 atom stereocenters. The molecule has 0 bridgehead atoms. The molecule has 0 rings (SSSR count). The minimum Gasteiger partial charge on any atom is -0.311 e. The Morgan fingerprint density at radius 3 is 0.966 bits per heavy atom. The molecule has 0 radical (unpaired) electrons. The monoisotopic (exact) mass is 476 g/mol. The van der Waals surface area contributed by atoms with Crippen LogP contribution in [0.1, 0.15) is 142 Å². The molecule has 0 aliphatic heterocycles. The minimum absolute atomic E-state index is 0. The van der Waals surface area contributed by atoms with Gasteiger partial charge >= 0.3 is 8.25 Å². The molecular weight excluding hydrogens is 426 g/mol. The molecule has 0 unspecified atom stereocenters. The summed E-state index contributed by atoms with van der Waals surface area (Å²) in [5, 5.41) is 0. The van der Waals surface area contributed by atoms with E-state index in [0.29, 0.717) is 13.2 Å². The number of rotatable bonds is 24. The molecular formula is C24H51NiO3P. The number of hydrogen-bond donors (Lipinski definition) is 0. The van der Waals surface area contributed by atoms with E-state index < -0.39 is 8.25 Å². The fourth-order valence-electron chi connectivity index (χ4n) is 3.53. The summed E-state index contributed by atoms with van der Waals surface area (Å²) in [6, 6.07) is 0. The van der Waals surface area contributed by atoms with Crippen LogP contribution in [0.3, 0.4) is 0 Å². The largest absolute Gasteiger partial charge is 0.319 e. The SMILES string of the molecule is CCCCCCCCCCCCO[PH](=O)OCCCCCCCCCCCC.[Ni]. The van der Waals surface area contributed by atoms with Crippen molar-refractivity contribution in [2.24, 2.45) is 0 Å². The van der Waals surface area contributed by atoms with Crippen LogP contribution >= 0.6 is 8.25 Å². The Balaban J connectivity index is 0. The van der Waals surface area contributed by atoms with Crippen molar-refractivity contribution in [3.05, 3.63) is 0 Å². The van der Waals surface area contributed by atoms with Crippen molar-refractivity contribution < 1.29 is 30.1 Å². The van der Waals surface area contributed by atoms with Crippen molar-refractivity contribution >= 4 is 8.25 Å². The number of unbranched alkanes of at least 4 members (excludes halogenated alkanes) is 18. The predicted octanol–water partition coefficient (Wildman–Crippen LogP) is 9.25. The predicted molar refractivity (Wildman–Crippen MR) is 125 cm³/mol. The normalized spacial score (nSPS) is 11.1. The average molecular weight is 477 g/mol. The van der Waals surface area contributed by atoms with Gasteiger partial charge in [-0.1, -0.05) is 129 Å². The van der Waals surface area contributed by atoms with Crippen LogP contribution in [0.2, 0.25) is 0 Å². The van der Waals surface area contributed by atoms with Gasteiger partial charge in [-0.2, -0.15) is 0 Å². The first-order chi connectivity index (χ1) is 13.8. The first-order valence-electron chi connectivity index (χ1n) is 12.6. The summed E-state index contributed by atoms with van der Waals surface area (Å²) in [7, 11) is -2.26. The topological polar surface area (TPSA) is 35.5 Å². The van der Waals surface area contributed by atoms with E-state index in [-0.39, 0.29) is 16.5 Å². The van der Waals surface area contributed by atoms with E-state index in [0.717, 1.165) is 12.8 Å². The van der Waals surface area contributed by atoms with Crippen molar-refractivity contribution in [3.63, 3.8) is 0 Å². The fraction of sp³-hybridized carbons (Fsp3) is 1.00. The maximum atomic E-state index is 11.7. The Bertz CT molecular complexity index is 289. The van der Waals surface area contributed by atoms with Crippen molar-refractivity contribution in [1.29, 1.82) is 0 Å². The maximum Gasteiger partial charge on any atom is 0.319 e. The standard InChI is InChI=1S/C24H51O3P.Ni/c1-3-5-7-9-11-13-15-17-19-21-23-26-28(25)27-24-22-20-18-16-14-12-10-8-6-4-2;/h28H,3-24H2,1-2H3;. The van der Waals surface area contributed by atoms with E-state index >= 15 is 0 Å². The van der Waals surface area contributed by atoms with Gasteiger partial charge in [-0.05, 0) is 12.8 Å². The van der Waals surface area contributed by atoms with Crippen LogP contribution in [0.15, 0.2) is 0 Å². The van der Waals surface area contributed by atoms with Gasteiger partial charge in [-0.25, -0.2) is 0 Å². The molecule has 0 fully saturated rings. The molecule has 0 aliphatic carbocycles. The molecule has 180 valence electrons. The minimum atomic E-state index is -2.26. The Morgan fingerprint density at radius 1 is 0.448 bits per heavy atom. The smallest absolute Gasteiger partial charge is 0.311 e. The second-order valence-electron chi connectivity index (χ2n) is 8.31. The summed E-state index contributed by atoms with van der Waals surface area (Å²) in [4.78, 5) is 0. The molecule has 0 spiro atoms. The Morgan fingerprint density at radius 2 is 0.690 bits per heavy atom. The zero-order chi connectivity index (χ0) is 20.5. The van der Waals surface area contributed by atoms with Crippen molar-refractivity contribution in [2.45, 2.75) is 142 Å². The number of hydrogen-bond acceptors (Lipinski definition) is 3. The molecule has 0 saturated heterocycles. The van der Waals surface area contributed by atoms with Gasteiger partial charge in [-0.15, -0.1) is 0 Å². The van der Waals surface area contributed by atoms with Gasteiger partial charge in [0.15, 0.2) is 0 Å².